The van der Waals surface area contributed by atoms with E-state index < -0.39 is 11.5 Å². The number of carbonyl (C=O) groups excluding carboxylic acids is 1. The number of aliphatic hydroxyl groups is 1. The van der Waals surface area contributed by atoms with Gasteiger partial charge in [-0.2, -0.15) is 0 Å². The number of likely N-dealkylation sites (N-methyl/N-ethyl adjacent to an activating group) is 1. The van der Waals surface area contributed by atoms with Crippen LogP contribution in [0.3, 0.4) is 0 Å². The predicted molar refractivity (Wildman–Crippen MR) is 78.5 cm³/mol. The van der Waals surface area contributed by atoms with Crippen LogP contribution in [0.4, 0.5) is 0 Å². The van der Waals surface area contributed by atoms with E-state index in [1.807, 2.05) is 0 Å². The second-order valence-corrected chi connectivity index (χ2v) is 7.68. The zero-order valence-electron chi connectivity index (χ0n) is 13.1. The molecule has 0 aromatic heterocycles. The fourth-order valence-corrected chi connectivity index (χ4v) is 4.92. The number of piperazine rings is 1. The molecule has 0 spiro atoms. The van der Waals surface area contributed by atoms with Crippen molar-refractivity contribution in [3.05, 3.63) is 0 Å². The van der Waals surface area contributed by atoms with Gasteiger partial charge in [0.25, 0.3) is 0 Å². The van der Waals surface area contributed by atoms with Crippen molar-refractivity contribution in [3.63, 3.8) is 0 Å². The number of nitrogens with zero attached hydrogens (tertiary/aromatic N) is 2. The number of hydrogen-bond acceptors (Lipinski definition) is 4. The van der Waals surface area contributed by atoms with Crippen molar-refractivity contribution in [2.45, 2.75) is 39.2 Å². The molecule has 3 aliphatic rings. The molecule has 1 saturated heterocycles. The third-order valence-electron chi connectivity index (χ3n) is 6.58. The fourth-order valence-electron chi connectivity index (χ4n) is 4.92. The molecule has 3 rings (SSSR count). The van der Waals surface area contributed by atoms with Gasteiger partial charge in [-0.15, -0.1) is 0 Å². The first kappa shape index (κ1) is 14.5. The average molecular weight is 280 g/mol. The molecule has 2 saturated carbocycles. The zero-order chi connectivity index (χ0) is 14.5. The van der Waals surface area contributed by atoms with Crippen LogP contribution in [0.25, 0.3) is 0 Å². The third kappa shape index (κ3) is 1.88. The van der Waals surface area contributed by atoms with E-state index in [1.54, 1.807) is 0 Å². The summed E-state index contributed by atoms with van der Waals surface area (Å²) in [6.45, 7) is 9.17. The Labute approximate surface area is 122 Å². The highest BCUT2D eigenvalue weighted by molar-refractivity contribution is 5.90. The molecule has 20 heavy (non-hydrogen) atoms. The van der Waals surface area contributed by atoms with Crippen LogP contribution in [0.15, 0.2) is 0 Å². The van der Waals surface area contributed by atoms with Gasteiger partial charge in [0.2, 0.25) is 0 Å². The average Bonchev–Trinajstić information content (AvgIpc) is 2.76. The molecule has 114 valence electrons. The quantitative estimate of drug-likeness (QED) is 0.837. The molecule has 1 heterocycles. The SMILES string of the molecule is CN1CCN(C[C@H](O)[C@]23CC[C@H](CC2=O)C3(C)C)CC1. The summed E-state index contributed by atoms with van der Waals surface area (Å²) in [4.78, 5) is 17.2. The Bertz CT molecular complexity index is 401. The largest absolute Gasteiger partial charge is 0.391 e. The molecule has 3 fully saturated rings. The minimum absolute atomic E-state index is 0.0317. The van der Waals surface area contributed by atoms with Crippen molar-refractivity contribution >= 4 is 5.78 Å². The van der Waals surface area contributed by atoms with Crippen molar-refractivity contribution in [3.8, 4) is 0 Å². The second kappa shape index (κ2) is 4.79. The van der Waals surface area contributed by atoms with E-state index in [9.17, 15) is 9.90 Å². The number of aliphatic hydroxyl groups excluding tert-OH is 1. The lowest BCUT2D eigenvalue weighted by atomic mass is 9.65. The van der Waals surface area contributed by atoms with E-state index >= 15 is 0 Å². The van der Waals surface area contributed by atoms with Gasteiger partial charge in [0.05, 0.1) is 11.5 Å². The summed E-state index contributed by atoms with van der Waals surface area (Å²) in [5, 5.41) is 10.9. The minimum atomic E-state index is -0.499. The van der Waals surface area contributed by atoms with Gasteiger partial charge in [-0.3, -0.25) is 9.69 Å². The Morgan fingerprint density at radius 2 is 1.95 bits per heavy atom. The molecule has 4 nitrogen and oxygen atoms in total. The van der Waals surface area contributed by atoms with Crippen molar-refractivity contribution in [2.75, 3.05) is 39.8 Å². The lowest BCUT2D eigenvalue weighted by Gasteiger charge is -2.43. The van der Waals surface area contributed by atoms with E-state index in [2.05, 4.69) is 30.7 Å². The molecule has 1 aliphatic heterocycles. The topological polar surface area (TPSA) is 43.8 Å². The Hall–Kier alpha value is -0.450. The van der Waals surface area contributed by atoms with Crippen LogP contribution in [0.2, 0.25) is 0 Å². The normalized spacial score (nSPS) is 39.4. The molecule has 1 N–H and O–H groups in total. The standard InChI is InChI=1S/C16H28N2O2/c1-15(2)12-4-5-16(15,13(19)10-12)14(20)11-18-8-6-17(3)7-9-18/h12,14,20H,4-11H2,1-3H3/t12-,14+,16+/m1/s1. The van der Waals surface area contributed by atoms with Gasteiger partial charge in [0.15, 0.2) is 0 Å². The van der Waals surface area contributed by atoms with Gasteiger partial charge >= 0.3 is 0 Å². The second-order valence-electron chi connectivity index (χ2n) is 7.68. The van der Waals surface area contributed by atoms with Crippen LogP contribution < -0.4 is 0 Å². The lowest BCUT2D eigenvalue weighted by molar-refractivity contribution is -0.140. The first-order valence-corrected chi connectivity index (χ1v) is 8.00. The molecule has 2 aliphatic carbocycles. The van der Waals surface area contributed by atoms with Crippen LogP contribution in [0, 0.1) is 16.7 Å². The first-order chi connectivity index (χ1) is 9.38. The molecule has 4 heteroatoms. The molecule has 3 atom stereocenters. The predicted octanol–water partition coefficient (Wildman–Crippen LogP) is 0.990. The maximum Gasteiger partial charge on any atom is 0.142 e. The van der Waals surface area contributed by atoms with Crippen molar-refractivity contribution in [2.24, 2.45) is 16.7 Å². The summed E-state index contributed by atoms with van der Waals surface area (Å²) in [5.41, 5.74) is -0.503. The molecule has 0 unspecified atom stereocenters. The minimum Gasteiger partial charge on any atom is -0.391 e. The van der Waals surface area contributed by atoms with Crippen LogP contribution in [0.1, 0.15) is 33.1 Å². The zero-order valence-corrected chi connectivity index (χ0v) is 13.1. The van der Waals surface area contributed by atoms with Gasteiger partial charge in [-0.05, 0) is 31.2 Å². The Kier molecular flexibility index (Phi) is 3.47. The molecule has 0 aromatic carbocycles. The number of β-amino-alcohol motifs (C(OH)–C–C–N with tert-alkyl or cyclic N) is 1. The number of rotatable bonds is 3. The van der Waals surface area contributed by atoms with E-state index in [-0.39, 0.29) is 5.41 Å². The summed E-state index contributed by atoms with van der Waals surface area (Å²) in [6, 6.07) is 0. The highest BCUT2D eigenvalue weighted by Gasteiger charge is 2.67. The molecule has 0 radical (unpaired) electrons. The molecule has 0 aromatic rings. The highest BCUT2D eigenvalue weighted by atomic mass is 16.3. The van der Waals surface area contributed by atoms with E-state index in [4.69, 9.17) is 0 Å². The number of ketones is 1. The molecular weight excluding hydrogens is 252 g/mol. The fraction of sp³-hybridized carbons (Fsp3) is 0.938. The molecular formula is C16H28N2O2. The van der Waals surface area contributed by atoms with Crippen LogP contribution >= 0.6 is 0 Å². The number of fused-ring (bicyclic) bond motifs is 2. The van der Waals surface area contributed by atoms with Crippen LogP contribution in [0.5, 0.6) is 0 Å². The maximum atomic E-state index is 12.5. The summed E-state index contributed by atoms with van der Waals surface area (Å²) in [6.07, 6.45) is 2.19. The number of carbonyl (C=O) groups is 1. The van der Waals surface area contributed by atoms with Crippen LogP contribution in [-0.4, -0.2) is 66.6 Å². The van der Waals surface area contributed by atoms with Gasteiger partial charge in [-0.1, -0.05) is 13.8 Å². The van der Waals surface area contributed by atoms with Gasteiger partial charge in [-0.25, -0.2) is 0 Å². The van der Waals surface area contributed by atoms with E-state index in [1.165, 1.54) is 0 Å². The smallest absolute Gasteiger partial charge is 0.142 e. The van der Waals surface area contributed by atoms with E-state index in [0.717, 1.165) is 39.0 Å². The Morgan fingerprint density at radius 3 is 2.45 bits per heavy atom. The Balaban J connectivity index is 1.73. The maximum absolute atomic E-state index is 12.5. The van der Waals surface area contributed by atoms with Crippen LogP contribution in [-0.2, 0) is 4.79 Å². The lowest BCUT2D eigenvalue weighted by Crippen LogP contribution is -2.54. The number of hydrogen-bond donors (Lipinski definition) is 1. The summed E-state index contributed by atoms with van der Waals surface area (Å²) >= 11 is 0. The third-order valence-corrected chi connectivity index (χ3v) is 6.58. The molecule has 0 amide bonds. The van der Waals surface area contributed by atoms with Gasteiger partial charge < -0.3 is 10.0 Å². The highest BCUT2D eigenvalue weighted by Crippen LogP contribution is 2.65. The first-order valence-electron chi connectivity index (χ1n) is 8.00. The van der Waals surface area contributed by atoms with Gasteiger partial charge in [0, 0.05) is 39.1 Å². The summed E-state index contributed by atoms with van der Waals surface area (Å²) in [7, 11) is 2.14. The summed E-state index contributed by atoms with van der Waals surface area (Å²) in [5.74, 6) is 0.803. The van der Waals surface area contributed by atoms with Crippen molar-refractivity contribution in [1.29, 1.82) is 0 Å². The Morgan fingerprint density at radius 1 is 1.30 bits per heavy atom. The van der Waals surface area contributed by atoms with E-state index in [0.29, 0.717) is 24.7 Å². The summed E-state index contributed by atoms with van der Waals surface area (Å²) < 4.78 is 0. The van der Waals surface area contributed by atoms with Crippen molar-refractivity contribution in [1.82, 2.24) is 9.80 Å². The number of Topliss-reactive ketones (excluding diaryl/α,β-unsaturated/α-hetero) is 1. The van der Waals surface area contributed by atoms with Crippen molar-refractivity contribution < 1.29 is 9.90 Å². The molecule has 2 bridgehead atoms. The monoisotopic (exact) mass is 280 g/mol. The van der Waals surface area contributed by atoms with Gasteiger partial charge in [0.1, 0.15) is 5.78 Å².